The molecule has 0 unspecified atom stereocenters. The van der Waals surface area contributed by atoms with Gasteiger partial charge in [-0.3, -0.25) is 4.98 Å². The van der Waals surface area contributed by atoms with Crippen LogP contribution in [-0.4, -0.2) is 14.1 Å². The van der Waals surface area contributed by atoms with Crippen LogP contribution in [0, 0.1) is 0 Å². The summed E-state index contributed by atoms with van der Waals surface area (Å²) in [6, 6.07) is 76.1. The van der Waals surface area contributed by atoms with Gasteiger partial charge in [0.25, 0.3) is 0 Å². The van der Waals surface area contributed by atoms with E-state index in [1.54, 1.807) is 0 Å². The number of aromatic nitrogens is 3. The van der Waals surface area contributed by atoms with Crippen LogP contribution in [0.15, 0.2) is 212 Å². The van der Waals surface area contributed by atoms with E-state index in [1.807, 2.05) is 17.5 Å². The molecule has 4 heterocycles. The Balaban J connectivity index is 1.12. The molecule has 0 radical (unpaired) electrons. The van der Waals surface area contributed by atoms with E-state index in [2.05, 4.69) is 215 Å². The summed E-state index contributed by atoms with van der Waals surface area (Å²) in [5, 5.41) is 7.42. The molecule has 4 heteroatoms. The zero-order chi connectivity index (χ0) is 41.2. The van der Waals surface area contributed by atoms with Crippen LogP contribution in [0.2, 0.25) is 0 Å². The molecule has 0 saturated carbocycles. The highest BCUT2D eigenvalue weighted by molar-refractivity contribution is 7.26. The Morgan fingerprint density at radius 2 is 0.778 bits per heavy atom. The van der Waals surface area contributed by atoms with E-state index in [0.29, 0.717) is 0 Å². The molecule has 9 aromatic carbocycles. The number of nitrogens with zero attached hydrogens (tertiary/aromatic N) is 3. The van der Waals surface area contributed by atoms with E-state index in [1.165, 1.54) is 97.3 Å². The van der Waals surface area contributed by atoms with Crippen LogP contribution in [0.3, 0.4) is 0 Å². The fraction of sp³-hybridized carbons (Fsp3) is 0. The van der Waals surface area contributed by atoms with Crippen LogP contribution in [-0.2, 0) is 0 Å². The molecule has 0 fully saturated rings. The summed E-state index contributed by atoms with van der Waals surface area (Å²) >= 11 is 1.83. The van der Waals surface area contributed by atoms with E-state index in [4.69, 9.17) is 4.98 Å². The van der Waals surface area contributed by atoms with Gasteiger partial charge < -0.3 is 9.13 Å². The minimum Gasteiger partial charge on any atom is -0.309 e. The van der Waals surface area contributed by atoms with Crippen molar-refractivity contribution in [3.63, 3.8) is 0 Å². The van der Waals surface area contributed by atoms with E-state index in [-0.39, 0.29) is 0 Å². The molecule has 3 nitrogen and oxygen atoms in total. The van der Waals surface area contributed by atoms with Gasteiger partial charge in [-0.15, -0.1) is 11.3 Å². The van der Waals surface area contributed by atoms with Gasteiger partial charge in [-0.1, -0.05) is 146 Å². The topological polar surface area (TPSA) is 22.8 Å². The Kier molecular flexibility index (Phi) is 7.27. The van der Waals surface area contributed by atoms with Crippen molar-refractivity contribution in [2.75, 3.05) is 0 Å². The number of rotatable bonds is 3. The van der Waals surface area contributed by atoms with E-state index in [0.717, 1.165) is 33.7 Å². The lowest BCUT2D eigenvalue weighted by Crippen LogP contribution is -2.03. The van der Waals surface area contributed by atoms with Gasteiger partial charge in [0.15, 0.2) is 0 Å². The van der Waals surface area contributed by atoms with E-state index in [9.17, 15) is 0 Å². The number of hydrogen-bond acceptors (Lipinski definition) is 2. The lowest BCUT2D eigenvalue weighted by molar-refractivity contribution is 1.16. The summed E-state index contributed by atoms with van der Waals surface area (Å²) in [7, 11) is 0. The van der Waals surface area contributed by atoms with Crippen molar-refractivity contribution in [3.8, 4) is 67.1 Å². The van der Waals surface area contributed by atoms with Crippen LogP contribution < -0.4 is 0 Å². The molecule has 0 aliphatic heterocycles. The first-order valence-electron chi connectivity index (χ1n) is 21.5. The van der Waals surface area contributed by atoms with Gasteiger partial charge in [-0.25, -0.2) is 0 Å². The summed E-state index contributed by atoms with van der Waals surface area (Å²) in [5.74, 6) is 0. The molecule has 13 aromatic rings. The molecule has 0 atom stereocenters. The summed E-state index contributed by atoms with van der Waals surface area (Å²) in [6.45, 7) is 0. The fourth-order valence-electron chi connectivity index (χ4n) is 10.7. The van der Waals surface area contributed by atoms with Crippen LogP contribution in [0.1, 0.15) is 0 Å². The predicted molar refractivity (Wildman–Crippen MR) is 267 cm³/mol. The first-order valence-corrected chi connectivity index (χ1v) is 22.4. The second kappa shape index (κ2) is 13.2. The van der Waals surface area contributed by atoms with Gasteiger partial charge >= 0.3 is 0 Å². The Labute approximate surface area is 367 Å². The normalized spacial score (nSPS) is 12.1. The van der Waals surface area contributed by atoms with Crippen molar-refractivity contribution in [2.24, 2.45) is 0 Å². The molecule has 4 aromatic heterocycles. The molecular formula is C59H35N3S. The number of benzene rings is 9. The number of pyridine rings is 1. The molecule has 292 valence electrons. The van der Waals surface area contributed by atoms with Gasteiger partial charge in [-0.2, -0.15) is 0 Å². The van der Waals surface area contributed by atoms with Gasteiger partial charge in [-0.05, 0) is 105 Å². The van der Waals surface area contributed by atoms with Crippen LogP contribution >= 0.6 is 11.3 Å². The molecule has 0 saturated heterocycles. The minimum absolute atomic E-state index is 0.993. The highest BCUT2D eigenvalue weighted by Gasteiger charge is 2.27. The quantitative estimate of drug-likeness (QED) is 0.174. The zero-order valence-electron chi connectivity index (χ0n) is 34.0. The fourth-order valence-corrected chi connectivity index (χ4v) is 11.9. The Bertz CT molecular complexity index is 3990. The first kappa shape index (κ1) is 34.6. The van der Waals surface area contributed by atoms with Crippen LogP contribution in [0.5, 0.6) is 0 Å². The van der Waals surface area contributed by atoms with Crippen molar-refractivity contribution in [2.45, 2.75) is 0 Å². The highest BCUT2D eigenvalue weighted by Crippen LogP contribution is 2.51. The van der Waals surface area contributed by atoms with Crippen molar-refractivity contribution < 1.29 is 0 Å². The average molecular weight is 818 g/mol. The molecule has 0 amide bonds. The van der Waals surface area contributed by atoms with E-state index >= 15 is 0 Å². The predicted octanol–water partition coefficient (Wildman–Crippen LogP) is 16.3. The van der Waals surface area contributed by atoms with Crippen molar-refractivity contribution in [1.29, 1.82) is 0 Å². The number of thiophene rings is 1. The molecule has 0 bridgehead atoms. The highest BCUT2D eigenvalue weighted by atomic mass is 32.1. The molecule has 0 spiro atoms. The molecule has 14 rings (SSSR count). The molecular weight excluding hydrogens is 783 g/mol. The zero-order valence-corrected chi connectivity index (χ0v) is 34.8. The molecule has 63 heavy (non-hydrogen) atoms. The summed E-state index contributed by atoms with van der Waals surface area (Å²) in [6.07, 6.45) is 2.00. The molecule has 1 aliphatic carbocycles. The lowest BCUT2D eigenvalue weighted by Gasteiger charge is -2.25. The van der Waals surface area contributed by atoms with Crippen LogP contribution in [0.4, 0.5) is 0 Å². The van der Waals surface area contributed by atoms with Gasteiger partial charge in [0.1, 0.15) is 0 Å². The third-order valence-corrected chi connectivity index (χ3v) is 14.6. The minimum atomic E-state index is 0.993. The number of para-hydroxylation sites is 3. The van der Waals surface area contributed by atoms with Crippen LogP contribution in [0.25, 0.3) is 131 Å². The van der Waals surface area contributed by atoms with Gasteiger partial charge in [0, 0.05) is 54.5 Å². The lowest BCUT2D eigenvalue weighted by atomic mass is 9.80. The van der Waals surface area contributed by atoms with Crippen molar-refractivity contribution in [3.05, 3.63) is 212 Å². The van der Waals surface area contributed by atoms with Gasteiger partial charge in [0.2, 0.25) is 0 Å². The summed E-state index contributed by atoms with van der Waals surface area (Å²) in [4.78, 5) is 5.33. The largest absolute Gasteiger partial charge is 0.309 e. The second-order valence-electron chi connectivity index (χ2n) is 16.6. The summed E-state index contributed by atoms with van der Waals surface area (Å²) < 4.78 is 7.38. The smallest absolute Gasteiger partial charge is 0.0901 e. The Morgan fingerprint density at radius 3 is 1.38 bits per heavy atom. The third-order valence-electron chi connectivity index (χ3n) is 13.4. The van der Waals surface area contributed by atoms with Crippen molar-refractivity contribution >= 4 is 75.1 Å². The molecule has 1 aliphatic rings. The monoisotopic (exact) mass is 817 g/mol. The van der Waals surface area contributed by atoms with Crippen molar-refractivity contribution in [1.82, 2.24) is 14.1 Å². The first-order chi connectivity index (χ1) is 31.3. The maximum Gasteiger partial charge on any atom is 0.0901 e. The Morgan fingerprint density at radius 1 is 0.317 bits per heavy atom. The average Bonchev–Trinajstić information content (AvgIpc) is 4.01. The number of fused-ring (bicyclic) bond motifs is 17. The second-order valence-corrected chi connectivity index (χ2v) is 17.7. The van der Waals surface area contributed by atoms with E-state index < -0.39 is 0 Å². The maximum atomic E-state index is 5.33. The standard InChI is InChI=1S/C59H35N3S/c1-2-16-38-37(15-1)39-17-3-5-19-41(39)48-34-51(58-59-47(31-32-60-58)46-24-10-14-28-57(46)63-59)56(35-49(48)42-20-6-4-18-40(38)42)62-54-27-13-9-23-45(54)50-33-36(29-30-55(50)62)61-52-25-11-7-21-43(52)44-22-8-12-26-53(44)61/h1-35H. The Hall–Kier alpha value is -8.05. The SMILES string of the molecule is c1ccc2c(c1)-c1ccccc1-c1cc(-c3nccc4c3sc3ccccc34)c(-n3c4ccccc4c4cc(-n5c6ccccc6c6ccccc65)ccc43)cc1-c1ccccc1-2. The molecule has 0 N–H and O–H groups in total. The van der Waals surface area contributed by atoms with Gasteiger partial charge in [0.05, 0.1) is 38.1 Å². The third kappa shape index (κ3) is 4.92. The maximum absolute atomic E-state index is 5.33. The number of hydrogen-bond donors (Lipinski definition) is 0. The summed E-state index contributed by atoms with van der Waals surface area (Å²) in [5.41, 5.74) is 18.8.